The zero-order valence-corrected chi connectivity index (χ0v) is 11.2. The first-order valence-corrected chi connectivity index (χ1v) is 5.73. The summed E-state index contributed by atoms with van der Waals surface area (Å²) < 4.78 is 5.76. The summed E-state index contributed by atoms with van der Waals surface area (Å²) in [5.74, 6) is -0.392. The van der Waals surface area contributed by atoms with E-state index in [-0.39, 0.29) is 11.4 Å². The highest BCUT2D eigenvalue weighted by atomic mass is 127. The van der Waals surface area contributed by atoms with Gasteiger partial charge in [-0.25, -0.2) is 4.79 Å². The minimum atomic E-state index is -0.953. The third-order valence-corrected chi connectivity index (χ3v) is 2.61. The number of hydrogen-bond donors (Lipinski definition) is 3. The van der Waals surface area contributed by atoms with Gasteiger partial charge in [0.05, 0.1) is 20.9 Å². The third-order valence-electron chi connectivity index (χ3n) is 1.81. The lowest BCUT2D eigenvalue weighted by Gasteiger charge is -2.10. The van der Waals surface area contributed by atoms with Crippen molar-refractivity contribution in [1.82, 2.24) is 5.32 Å². The van der Waals surface area contributed by atoms with Crippen LogP contribution in [-0.2, 0) is 4.79 Å². The van der Waals surface area contributed by atoms with Crippen molar-refractivity contribution in [2.24, 2.45) is 5.73 Å². The monoisotopic (exact) mass is 360 g/mol. The fourth-order valence-corrected chi connectivity index (χ4v) is 1.95. The van der Waals surface area contributed by atoms with Crippen LogP contribution in [-0.4, -0.2) is 18.5 Å². The molecule has 94 valence electrons. The number of urea groups is 1. The molecule has 0 heterocycles. The van der Waals surface area contributed by atoms with Crippen molar-refractivity contribution in [1.29, 1.82) is 5.26 Å². The first-order chi connectivity index (χ1) is 8.43. The fraction of sp³-hybridized carbons (Fsp3) is 0.100. The maximum absolute atomic E-state index is 11.1. The standard InChI is InChI=1S/C10H9IN4O3/c11-6-1-5(3-12)2-7(13)9(6)18-4-8(16)15-10(14)17/h1-2H,4,13H2,(H3,14,15,16,17). The van der Waals surface area contributed by atoms with E-state index in [9.17, 15) is 9.59 Å². The molecule has 0 aromatic heterocycles. The average Bonchev–Trinajstić information content (AvgIpc) is 2.26. The van der Waals surface area contributed by atoms with E-state index >= 15 is 0 Å². The van der Waals surface area contributed by atoms with Crippen LogP contribution in [0.15, 0.2) is 12.1 Å². The number of nitriles is 1. The third kappa shape index (κ3) is 3.77. The van der Waals surface area contributed by atoms with E-state index in [0.29, 0.717) is 9.13 Å². The minimum absolute atomic E-state index is 0.241. The van der Waals surface area contributed by atoms with Crippen molar-refractivity contribution in [2.75, 3.05) is 12.3 Å². The van der Waals surface area contributed by atoms with E-state index in [1.165, 1.54) is 6.07 Å². The van der Waals surface area contributed by atoms with Gasteiger partial charge in [0, 0.05) is 0 Å². The molecule has 0 aliphatic heterocycles. The molecule has 0 aliphatic rings. The number of carbonyl (C=O) groups excluding carboxylic acids is 2. The molecule has 7 nitrogen and oxygen atoms in total. The van der Waals surface area contributed by atoms with Gasteiger partial charge in [-0.15, -0.1) is 0 Å². The Balaban J connectivity index is 2.77. The molecule has 1 aromatic rings. The number of benzene rings is 1. The molecule has 8 heteroatoms. The Kier molecular flexibility index (Phi) is 4.73. The number of nitrogens with zero attached hydrogens (tertiary/aromatic N) is 1. The summed E-state index contributed by atoms with van der Waals surface area (Å²) in [5, 5.41) is 10.6. The van der Waals surface area contributed by atoms with Gasteiger partial charge in [0.15, 0.2) is 12.4 Å². The predicted octanol–water partition coefficient (Wildman–Crippen LogP) is 0.319. The quantitative estimate of drug-likeness (QED) is 0.528. The lowest BCUT2D eigenvalue weighted by molar-refractivity contribution is -0.121. The predicted molar refractivity (Wildman–Crippen MR) is 71.5 cm³/mol. The molecule has 1 aromatic carbocycles. The van der Waals surface area contributed by atoms with E-state index in [0.717, 1.165) is 0 Å². The second-order valence-electron chi connectivity index (χ2n) is 3.19. The van der Waals surface area contributed by atoms with Gasteiger partial charge in [-0.2, -0.15) is 5.26 Å². The molecule has 5 N–H and O–H groups in total. The summed E-state index contributed by atoms with van der Waals surface area (Å²) in [6.45, 7) is -0.394. The highest BCUT2D eigenvalue weighted by Gasteiger charge is 2.11. The van der Waals surface area contributed by atoms with Crippen LogP contribution in [0.1, 0.15) is 5.56 Å². The van der Waals surface area contributed by atoms with Gasteiger partial charge in [0.25, 0.3) is 5.91 Å². The first-order valence-electron chi connectivity index (χ1n) is 4.65. The highest BCUT2D eigenvalue weighted by Crippen LogP contribution is 2.29. The van der Waals surface area contributed by atoms with Gasteiger partial charge in [-0.1, -0.05) is 0 Å². The fourth-order valence-electron chi connectivity index (χ4n) is 1.14. The second kappa shape index (κ2) is 6.06. The lowest BCUT2D eigenvalue weighted by atomic mass is 10.2. The SMILES string of the molecule is N#Cc1cc(N)c(OCC(=O)NC(N)=O)c(I)c1. The molecule has 0 saturated heterocycles. The van der Waals surface area contributed by atoms with Crippen LogP contribution >= 0.6 is 22.6 Å². The van der Waals surface area contributed by atoms with Gasteiger partial charge < -0.3 is 16.2 Å². The van der Waals surface area contributed by atoms with E-state index in [4.69, 9.17) is 21.5 Å². The summed E-state index contributed by atoms with van der Waals surface area (Å²) in [4.78, 5) is 21.6. The number of halogens is 1. The normalized spacial score (nSPS) is 9.33. The maximum atomic E-state index is 11.1. The molecular weight excluding hydrogens is 351 g/mol. The summed E-state index contributed by atoms with van der Waals surface area (Å²) in [6.07, 6.45) is 0. The number of hydrogen-bond acceptors (Lipinski definition) is 5. The summed E-state index contributed by atoms with van der Waals surface area (Å²) >= 11 is 1.93. The van der Waals surface area contributed by atoms with E-state index in [2.05, 4.69) is 0 Å². The van der Waals surface area contributed by atoms with Crippen LogP contribution in [0.5, 0.6) is 5.75 Å². The molecule has 0 radical (unpaired) electrons. The van der Waals surface area contributed by atoms with Crippen LogP contribution < -0.4 is 21.5 Å². The Labute approximate surface area is 116 Å². The first kappa shape index (κ1) is 14.0. The van der Waals surface area contributed by atoms with Crippen LogP contribution in [0.25, 0.3) is 0 Å². The van der Waals surface area contributed by atoms with Crippen LogP contribution in [0.3, 0.4) is 0 Å². The number of nitrogen functional groups attached to an aromatic ring is 1. The molecule has 0 atom stereocenters. The van der Waals surface area contributed by atoms with Crippen molar-refractivity contribution >= 4 is 40.2 Å². The lowest BCUT2D eigenvalue weighted by Crippen LogP contribution is -2.38. The number of nitrogens with two attached hydrogens (primary N) is 2. The zero-order valence-electron chi connectivity index (χ0n) is 9.07. The number of ether oxygens (including phenoxy) is 1. The number of nitrogens with one attached hydrogen (secondary N) is 1. The number of carbonyl (C=O) groups is 2. The second-order valence-corrected chi connectivity index (χ2v) is 4.35. The largest absolute Gasteiger partial charge is 0.480 e. The summed E-state index contributed by atoms with van der Waals surface area (Å²) in [6, 6.07) is 4.00. The number of anilines is 1. The average molecular weight is 360 g/mol. The summed E-state index contributed by atoms with van der Waals surface area (Å²) in [5.41, 5.74) is 11.1. The molecule has 3 amide bonds. The van der Waals surface area contributed by atoms with Crippen LogP contribution in [0.2, 0.25) is 0 Å². The van der Waals surface area contributed by atoms with Gasteiger partial charge >= 0.3 is 6.03 Å². The van der Waals surface area contributed by atoms with Crippen molar-refractivity contribution < 1.29 is 14.3 Å². The Morgan fingerprint density at radius 2 is 2.17 bits per heavy atom. The van der Waals surface area contributed by atoms with Gasteiger partial charge in [-0.05, 0) is 34.7 Å². The summed E-state index contributed by atoms with van der Waals surface area (Å²) in [7, 11) is 0. The van der Waals surface area contributed by atoms with E-state index in [1.54, 1.807) is 6.07 Å². The van der Waals surface area contributed by atoms with Crippen molar-refractivity contribution in [3.05, 3.63) is 21.3 Å². The molecular formula is C10H9IN4O3. The van der Waals surface area contributed by atoms with Crippen molar-refractivity contribution in [3.63, 3.8) is 0 Å². The molecule has 0 unspecified atom stereocenters. The molecule has 0 bridgehead atoms. The highest BCUT2D eigenvalue weighted by molar-refractivity contribution is 14.1. The molecule has 0 spiro atoms. The number of rotatable bonds is 3. The molecule has 1 rings (SSSR count). The Bertz CT molecular complexity index is 515. The number of primary amides is 1. The van der Waals surface area contributed by atoms with Gasteiger partial charge in [-0.3, -0.25) is 10.1 Å². The van der Waals surface area contributed by atoms with Gasteiger partial charge in [0.1, 0.15) is 0 Å². The zero-order chi connectivity index (χ0) is 13.7. The minimum Gasteiger partial charge on any atom is -0.480 e. The molecule has 0 fully saturated rings. The number of imide groups is 1. The number of amides is 3. The van der Waals surface area contributed by atoms with E-state index < -0.39 is 18.5 Å². The topological polar surface area (TPSA) is 131 Å². The smallest absolute Gasteiger partial charge is 0.318 e. The molecule has 18 heavy (non-hydrogen) atoms. The Morgan fingerprint density at radius 1 is 1.50 bits per heavy atom. The Hall–Kier alpha value is -2.02. The van der Waals surface area contributed by atoms with Crippen molar-refractivity contribution in [3.8, 4) is 11.8 Å². The molecule has 0 saturated carbocycles. The maximum Gasteiger partial charge on any atom is 0.318 e. The van der Waals surface area contributed by atoms with Gasteiger partial charge in [0.2, 0.25) is 0 Å². The van der Waals surface area contributed by atoms with Crippen LogP contribution in [0.4, 0.5) is 10.5 Å². The van der Waals surface area contributed by atoms with Crippen LogP contribution in [0, 0.1) is 14.9 Å². The Morgan fingerprint density at radius 3 is 2.67 bits per heavy atom. The van der Waals surface area contributed by atoms with Crippen molar-refractivity contribution in [2.45, 2.75) is 0 Å². The molecule has 0 aliphatic carbocycles. The van der Waals surface area contributed by atoms with E-state index in [1.807, 2.05) is 34.0 Å².